The van der Waals surface area contributed by atoms with Crippen LogP contribution in [0.4, 0.5) is 0 Å². The zero-order valence-corrected chi connectivity index (χ0v) is 13.0. The van der Waals surface area contributed by atoms with Crippen molar-refractivity contribution in [3.05, 3.63) is 36.0 Å². The maximum Gasteiger partial charge on any atom is 0.0261 e. The molecule has 1 aliphatic carbocycles. The van der Waals surface area contributed by atoms with Crippen molar-refractivity contribution in [2.45, 2.75) is 65.3 Å². The average Bonchev–Trinajstić information content (AvgIpc) is 2.46. The molecule has 3 atom stereocenters. The minimum Gasteiger partial charge on any atom is -0.324 e. The molecular formula is C18H31N. The standard InChI is InChI=1S/C18H31N/c1-5-8-9-17-12-14(4)16(7-3)13-18(19)11-10-15(17)6-2/h6,10,13-14,17-18H,2,5,7-9,11-12,19H2,1,3-4H3/b15-10+,16-13-. The molecule has 0 spiro atoms. The zero-order chi connectivity index (χ0) is 14.3. The van der Waals surface area contributed by atoms with Crippen molar-refractivity contribution in [1.82, 2.24) is 0 Å². The smallest absolute Gasteiger partial charge is 0.0261 e. The fourth-order valence-electron chi connectivity index (χ4n) is 3.11. The van der Waals surface area contributed by atoms with Gasteiger partial charge in [0.15, 0.2) is 0 Å². The second-order valence-electron chi connectivity index (χ2n) is 5.88. The number of allylic oxidation sites excluding steroid dienone is 3. The largest absolute Gasteiger partial charge is 0.324 e. The highest BCUT2D eigenvalue weighted by molar-refractivity contribution is 5.23. The molecule has 0 aromatic rings. The van der Waals surface area contributed by atoms with E-state index in [-0.39, 0.29) is 6.04 Å². The van der Waals surface area contributed by atoms with Gasteiger partial charge in [0, 0.05) is 6.04 Å². The Hall–Kier alpha value is -0.820. The van der Waals surface area contributed by atoms with Crippen LogP contribution < -0.4 is 5.73 Å². The van der Waals surface area contributed by atoms with Crippen molar-refractivity contribution in [1.29, 1.82) is 0 Å². The van der Waals surface area contributed by atoms with E-state index in [2.05, 4.69) is 45.6 Å². The molecule has 0 amide bonds. The highest BCUT2D eigenvalue weighted by Gasteiger charge is 2.19. The molecule has 0 aromatic heterocycles. The number of rotatable bonds is 5. The SMILES string of the molecule is C=C/C1=C\CC(N)/C=C(/CC)C(C)CC1CCCC. The van der Waals surface area contributed by atoms with Gasteiger partial charge in [-0.25, -0.2) is 0 Å². The van der Waals surface area contributed by atoms with E-state index in [9.17, 15) is 0 Å². The van der Waals surface area contributed by atoms with E-state index in [1.54, 1.807) is 0 Å². The van der Waals surface area contributed by atoms with Crippen LogP contribution in [0.2, 0.25) is 0 Å². The van der Waals surface area contributed by atoms with Gasteiger partial charge in [-0.15, -0.1) is 0 Å². The zero-order valence-electron chi connectivity index (χ0n) is 13.0. The van der Waals surface area contributed by atoms with E-state index in [4.69, 9.17) is 5.73 Å². The van der Waals surface area contributed by atoms with Gasteiger partial charge in [-0.2, -0.15) is 0 Å². The normalized spacial score (nSPS) is 34.2. The third kappa shape index (κ3) is 4.99. The van der Waals surface area contributed by atoms with Crippen molar-refractivity contribution in [2.24, 2.45) is 17.6 Å². The Kier molecular flexibility index (Phi) is 7.15. The summed E-state index contributed by atoms with van der Waals surface area (Å²) >= 11 is 0. The molecule has 0 saturated carbocycles. The monoisotopic (exact) mass is 261 g/mol. The molecule has 1 rings (SSSR count). The fraction of sp³-hybridized carbons (Fsp3) is 0.667. The molecule has 0 saturated heterocycles. The Bertz CT molecular complexity index is 338. The van der Waals surface area contributed by atoms with Gasteiger partial charge >= 0.3 is 0 Å². The minimum atomic E-state index is 0.164. The summed E-state index contributed by atoms with van der Waals surface area (Å²) in [7, 11) is 0. The van der Waals surface area contributed by atoms with Crippen LogP contribution in [0.1, 0.15) is 59.3 Å². The summed E-state index contributed by atoms with van der Waals surface area (Å²) in [5.41, 5.74) is 9.16. The van der Waals surface area contributed by atoms with Crippen molar-refractivity contribution in [2.75, 3.05) is 0 Å². The molecule has 1 heteroatoms. The first kappa shape index (κ1) is 16.2. The summed E-state index contributed by atoms with van der Waals surface area (Å²) in [5, 5.41) is 0. The van der Waals surface area contributed by atoms with Gasteiger partial charge in [-0.05, 0) is 43.1 Å². The van der Waals surface area contributed by atoms with Crippen LogP contribution in [0.5, 0.6) is 0 Å². The molecule has 0 radical (unpaired) electrons. The molecule has 3 unspecified atom stereocenters. The van der Waals surface area contributed by atoms with Gasteiger partial charge in [-0.3, -0.25) is 0 Å². The van der Waals surface area contributed by atoms with E-state index in [1.165, 1.54) is 36.8 Å². The van der Waals surface area contributed by atoms with Crippen molar-refractivity contribution >= 4 is 0 Å². The Balaban J connectivity index is 2.94. The number of hydrogen-bond acceptors (Lipinski definition) is 1. The first-order valence-electron chi connectivity index (χ1n) is 7.90. The first-order valence-corrected chi connectivity index (χ1v) is 7.90. The summed E-state index contributed by atoms with van der Waals surface area (Å²) in [6.45, 7) is 10.9. The minimum absolute atomic E-state index is 0.164. The molecule has 0 aliphatic heterocycles. The average molecular weight is 261 g/mol. The number of nitrogens with two attached hydrogens (primary N) is 1. The van der Waals surface area contributed by atoms with Crippen LogP contribution in [0.3, 0.4) is 0 Å². The summed E-state index contributed by atoms with van der Waals surface area (Å²) in [6, 6.07) is 0.164. The van der Waals surface area contributed by atoms with Crippen LogP contribution >= 0.6 is 0 Å². The lowest BCUT2D eigenvalue weighted by molar-refractivity contribution is 0.435. The maximum absolute atomic E-state index is 6.21. The van der Waals surface area contributed by atoms with Gasteiger partial charge in [0.2, 0.25) is 0 Å². The quantitative estimate of drug-likeness (QED) is 0.692. The van der Waals surface area contributed by atoms with E-state index >= 15 is 0 Å². The van der Waals surface area contributed by atoms with Gasteiger partial charge in [0.1, 0.15) is 0 Å². The second-order valence-corrected chi connectivity index (χ2v) is 5.88. The summed E-state index contributed by atoms with van der Waals surface area (Å²) in [5.74, 6) is 1.30. The Morgan fingerprint density at radius 1 is 1.42 bits per heavy atom. The highest BCUT2D eigenvalue weighted by atomic mass is 14.6. The molecule has 2 N–H and O–H groups in total. The fourth-order valence-corrected chi connectivity index (χ4v) is 3.11. The third-order valence-electron chi connectivity index (χ3n) is 4.35. The van der Waals surface area contributed by atoms with Crippen LogP contribution in [0.15, 0.2) is 36.0 Å². The Morgan fingerprint density at radius 3 is 2.74 bits per heavy atom. The lowest BCUT2D eigenvalue weighted by Crippen LogP contribution is -2.17. The van der Waals surface area contributed by atoms with Gasteiger partial charge < -0.3 is 5.73 Å². The molecule has 0 bridgehead atoms. The van der Waals surface area contributed by atoms with Crippen LogP contribution in [-0.2, 0) is 0 Å². The van der Waals surface area contributed by atoms with Crippen LogP contribution in [0.25, 0.3) is 0 Å². The summed E-state index contributed by atoms with van der Waals surface area (Å²) in [4.78, 5) is 0. The molecule has 108 valence electrons. The van der Waals surface area contributed by atoms with Crippen LogP contribution in [0, 0.1) is 11.8 Å². The topological polar surface area (TPSA) is 26.0 Å². The summed E-state index contributed by atoms with van der Waals surface area (Å²) in [6.07, 6.45) is 13.8. The molecule has 0 heterocycles. The first-order chi connectivity index (χ1) is 9.12. The van der Waals surface area contributed by atoms with Crippen LogP contribution in [-0.4, -0.2) is 6.04 Å². The summed E-state index contributed by atoms with van der Waals surface area (Å²) < 4.78 is 0. The van der Waals surface area contributed by atoms with Gasteiger partial charge in [-0.1, -0.05) is 64.0 Å². The number of hydrogen-bond donors (Lipinski definition) is 1. The molecule has 0 fully saturated rings. The second kappa shape index (κ2) is 8.37. The van der Waals surface area contributed by atoms with Crippen molar-refractivity contribution in [3.63, 3.8) is 0 Å². The number of unbranched alkanes of at least 4 members (excludes halogenated alkanes) is 1. The van der Waals surface area contributed by atoms with E-state index in [0.717, 1.165) is 12.8 Å². The van der Waals surface area contributed by atoms with Gasteiger partial charge in [0.05, 0.1) is 0 Å². The van der Waals surface area contributed by atoms with E-state index in [0.29, 0.717) is 11.8 Å². The maximum atomic E-state index is 6.21. The molecule has 0 aromatic carbocycles. The predicted molar refractivity (Wildman–Crippen MR) is 86.0 cm³/mol. The third-order valence-corrected chi connectivity index (χ3v) is 4.35. The molecular weight excluding hydrogens is 230 g/mol. The molecule has 1 aliphatic rings. The van der Waals surface area contributed by atoms with Crippen molar-refractivity contribution in [3.8, 4) is 0 Å². The Morgan fingerprint density at radius 2 is 2.16 bits per heavy atom. The lowest BCUT2D eigenvalue weighted by Gasteiger charge is -2.23. The Labute approximate surface area is 119 Å². The molecule has 19 heavy (non-hydrogen) atoms. The van der Waals surface area contributed by atoms with Crippen molar-refractivity contribution < 1.29 is 0 Å². The lowest BCUT2D eigenvalue weighted by atomic mass is 9.82. The highest BCUT2D eigenvalue weighted by Crippen LogP contribution is 2.32. The van der Waals surface area contributed by atoms with Gasteiger partial charge in [0.25, 0.3) is 0 Å². The molecule has 1 nitrogen and oxygen atoms in total. The van der Waals surface area contributed by atoms with E-state index < -0.39 is 0 Å². The predicted octanol–water partition coefficient (Wildman–Crippen LogP) is 5.00. The van der Waals surface area contributed by atoms with E-state index in [1.807, 2.05) is 0 Å².